The number of hydrogen-bond donors (Lipinski definition) is 0. The van der Waals surface area contributed by atoms with Crippen LogP contribution in [-0.4, -0.2) is 33.2 Å². The van der Waals surface area contributed by atoms with Crippen LogP contribution in [0.15, 0.2) is 18.2 Å². The number of ether oxygens (including phenoxy) is 3. The molecule has 0 saturated heterocycles. The molecule has 0 saturated carbocycles. The van der Waals surface area contributed by atoms with Gasteiger partial charge in [-0.3, -0.25) is 4.79 Å². The molecule has 0 spiro atoms. The van der Waals surface area contributed by atoms with Crippen LogP contribution < -0.4 is 9.47 Å². The van der Waals surface area contributed by atoms with Crippen molar-refractivity contribution in [2.45, 2.75) is 26.7 Å². The van der Waals surface area contributed by atoms with Gasteiger partial charge in [0.05, 0.1) is 13.7 Å². The minimum atomic E-state index is -0.185. The maximum absolute atomic E-state index is 11.9. The minimum absolute atomic E-state index is 0.154. The number of terminal acetylenes is 1. The van der Waals surface area contributed by atoms with Crippen molar-refractivity contribution in [3.63, 3.8) is 0 Å². The standard InChI is InChI=1S/C19H26O4/c1-6-17(20)16(14(2)3)12-15-8-9-18(22-5)19(13-15)23-11-7-10-21-4/h1,8-9,13-14,16H,7,10-12H2,2-5H3/t16-/m1/s1. The van der Waals surface area contributed by atoms with Gasteiger partial charge >= 0.3 is 0 Å². The third-order valence-corrected chi connectivity index (χ3v) is 3.72. The molecule has 1 aromatic rings. The van der Waals surface area contributed by atoms with E-state index in [2.05, 4.69) is 5.92 Å². The summed E-state index contributed by atoms with van der Waals surface area (Å²) in [6.07, 6.45) is 6.67. The highest BCUT2D eigenvalue weighted by Gasteiger charge is 2.21. The average Bonchev–Trinajstić information content (AvgIpc) is 2.55. The second kappa shape index (κ2) is 9.91. The average molecular weight is 318 g/mol. The molecule has 0 aliphatic carbocycles. The van der Waals surface area contributed by atoms with Gasteiger partial charge in [-0.05, 0) is 36.0 Å². The molecule has 0 fully saturated rings. The quantitative estimate of drug-likeness (QED) is 0.378. The Kier molecular flexibility index (Phi) is 8.21. The Labute approximate surface area is 139 Å². The van der Waals surface area contributed by atoms with E-state index in [0.29, 0.717) is 31.1 Å². The van der Waals surface area contributed by atoms with E-state index >= 15 is 0 Å². The molecule has 0 bridgehead atoms. The van der Waals surface area contributed by atoms with Gasteiger partial charge in [-0.1, -0.05) is 19.9 Å². The monoisotopic (exact) mass is 318 g/mol. The molecule has 0 radical (unpaired) electrons. The number of rotatable bonds is 10. The summed E-state index contributed by atoms with van der Waals surface area (Å²) in [5.74, 6) is 3.44. The summed E-state index contributed by atoms with van der Waals surface area (Å²) in [5.41, 5.74) is 1.01. The van der Waals surface area contributed by atoms with Crippen molar-refractivity contribution in [2.24, 2.45) is 11.8 Å². The van der Waals surface area contributed by atoms with Crippen molar-refractivity contribution in [3.8, 4) is 23.8 Å². The zero-order valence-corrected chi connectivity index (χ0v) is 14.4. The number of methoxy groups -OCH3 is 2. The minimum Gasteiger partial charge on any atom is -0.493 e. The summed E-state index contributed by atoms with van der Waals surface area (Å²) in [4.78, 5) is 11.9. The van der Waals surface area contributed by atoms with E-state index in [-0.39, 0.29) is 17.6 Å². The Morgan fingerprint density at radius 3 is 2.52 bits per heavy atom. The topological polar surface area (TPSA) is 44.8 Å². The third kappa shape index (κ3) is 5.96. The molecular weight excluding hydrogens is 292 g/mol. The van der Waals surface area contributed by atoms with Crippen LogP contribution in [-0.2, 0) is 16.0 Å². The zero-order valence-electron chi connectivity index (χ0n) is 14.4. The van der Waals surface area contributed by atoms with Crippen molar-refractivity contribution in [1.29, 1.82) is 0 Å². The lowest BCUT2D eigenvalue weighted by atomic mass is 9.86. The summed E-state index contributed by atoms with van der Waals surface area (Å²) >= 11 is 0. The summed E-state index contributed by atoms with van der Waals surface area (Å²) < 4.78 is 16.1. The number of hydrogen-bond acceptors (Lipinski definition) is 4. The predicted octanol–water partition coefficient (Wildman–Crippen LogP) is 3.13. The highest BCUT2D eigenvalue weighted by molar-refractivity contribution is 5.97. The highest BCUT2D eigenvalue weighted by atomic mass is 16.5. The summed E-state index contributed by atoms with van der Waals surface area (Å²) in [6, 6.07) is 5.73. The molecule has 0 aliphatic rings. The molecule has 1 rings (SSSR count). The summed E-state index contributed by atoms with van der Waals surface area (Å²) in [7, 11) is 3.27. The third-order valence-electron chi connectivity index (χ3n) is 3.72. The first-order valence-electron chi connectivity index (χ1n) is 7.82. The van der Waals surface area contributed by atoms with Crippen molar-refractivity contribution in [2.75, 3.05) is 27.4 Å². The first kappa shape index (κ1) is 19.1. The summed E-state index contributed by atoms with van der Waals surface area (Å²) in [5, 5.41) is 0. The first-order valence-corrected chi connectivity index (χ1v) is 7.82. The van der Waals surface area contributed by atoms with Crippen LogP contribution >= 0.6 is 0 Å². The smallest absolute Gasteiger partial charge is 0.208 e. The van der Waals surface area contributed by atoms with Gasteiger partial charge in [0.1, 0.15) is 0 Å². The van der Waals surface area contributed by atoms with Gasteiger partial charge in [-0.2, -0.15) is 0 Å². The largest absolute Gasteiger partial charge is 0.493 e. The van der Waals surface area contributed by atoms with Gasteiger partial charge in [-0.15, -0.1) is 6.42 Å². The fourth-order valence-electron chi connectivity index (χ4n) is 2.34. The maximum atomic E-state index is 11.9. The van der Waals surface area contributed by atoms with Gasteiger partial charge in [0.2, 0.25) is 5.78 Å². The van der Waals surface area contributed by atoms with E-state index in [1.807, 2.05) is 32.0 Å². The molecule has 4 nitrogen and oxygen atoms in total. The van der Waals surface area contributed by atoms with Crippen LogP contribution in [0.5, 0.6) is 11.5 Å². The Hall–Kier alpha value is -1.99. The molecule has 1 aromatic carbocycles. The number of carbonyl (C=O) groups is 1. The second-order valence-electron chi connectivity index (χ2n) is 5.74. The lowest BCUT2D eigenvalue weighted by molar-refractivity contribution is -0.118. The zero-order chi connectivity index (χ0) is 17.2. The molecule has 4 heteroatoms. The Morgan fingerprint density at radius 1 is 1.22 bits per heavy atom. The number of benzene rings is 1. The Morgan fingerprint density at radius 2 is 1.96 bits per heavy atom. The van der Waals surface area contributed by atoms with E-state index < -0.39 is 0 Å². The Bertz CT molecular complexity index is 543. The number of Topliss-reactive ketones (excluding diaryl/α,β-unsaturated/α-hetero) is 1. The molecule has 0 heterocycles. The maximum Gasteiger partial charge on any atom is 0.208 e. The lowest BCUT2D eigenvalue weighted by Crippen LogP contribution is -2.21. The lowest BCUT2D eigenvalue weighted by Gasteiger charge is -2.18. The van der Waals surface area contributed by atoms with Crippen LogP contribution in [0.25, 0.3) is 0 Å². The SMILES string of the molecule is C#CC(=O)[C@H](Cc1ccc(OC)c(OCCCOC)c1)C(C)C. The van der Waals surface area contributed by atoms with Crippen molar-refractivity contribution < 1.29 is 19.0 Å². The van der Waals surface area contributed by atoms with Gasteiger partial charge in [0.25, 0.3) is 0 Å². The number of ketones is 1. The molecule has 1 atom stereocenters. The number of carbonyl (C=O) groups excluding carboxylic acids is 1. The van der Waals surface area contributed by atoms with Gasteiger partial charge < -0.3 is 14.2 Å². The normalized spacial score (nSPS) is 11.8. The predicted molar refractivity (Wildman–Crippen MR) is 90.9 cm³/mol. The van der Waals surface area contributed by atoms with Crippen LogP contribution in [0, 0.1) is 24.2 Å². The van der Waals surface area contributed by atoms with Crippen molar-refractivity contribution in [3.05, 3.63) is 23.8 Å². The van der Waals surface area contributed by atoms with E-state index in [1.165, 1.54) is 0 Å². The fourth-order valence-corrected chi connectivity index (χ4v) is 2.34. The van der Waals surface area contributed by atoms with E-state index in [9.17, 15) is 4.79 Å². The first-order chi connectivity index (χ1) is 11.0. The molecule has 0 aromatic heterocycles. The molecule has 0 N–H and O–H groups in total. The van der Waals surface area contributed by atoms with Crippen LogP contribution in [0.1, 0.15) is 25.8 Å². The van der Waals surface area contributed by atoms with Gasteiger partial charge in [-0.25, -0.2) is 0 Å². The van der Waals surface area contributed by atoms with Crippen LogP contribution in [0.3, 0.4) is 0 Å². The van der Waals surface area contributed by atoms with E-state index in [0.717, 1.165) is 12.0 Å². The Balaban J connectivity index is 2.87. The van der Waals surface area contributed by atoms with Crippen LogP contribution in [0.4, 0.5) is 0 Å². The molecular formula is C19H26O4. The van der Waals surface area contributed by atoms with Crippen LogP contribution in [0.2, 0.25) is 0 Å². The van der Waals surface area contributed by atoms with E-state index in [1.54, 1.807) is 14.2 Å². The molecule has 0 amide bonds. The van der Waals surface area contributed by atoms with Gasteiger partial charge in [0.15, 0.2) is 11.5 Å². The van der Waals surface area contributed by atoms with E-state index in [4.69, 9.17) is 20.6 Å². The fraction of sp³-hybridized carbons (Fsp3) is 0.526. The second-order valence-corrected chi connectivity index (χ2v) is 5.74. The molecule has 126 valence electrons. The molecule has 0 unspecified atom stereocenters. The highest BCUT2D eigenvalue weighted by Crippen LogP contribution is 2.30. The molecule has 23 heavy (non-hydrogen) atoms. The van der Waals surface area contributed by atoms with Crippen molar-refractivity contribution in [1.82, 2.24) is 0 Å². The van der Waals surface area contributed by atoms with Gasteiger partial charge in [0, 0.05) is 26.1 Å². The summed E-state index contributed by atoms with van der Waals surface area (Å²) in [6.45, 7) is 5.20. The molecule has 0 aliphatic heterocycles. The van der Waals surface area contributed by atoms with Crippen molar-refractivity contribution >= 4 is 5.78 Å².